The van der Waals surface area contributed by atoms with Gasteiger partial charge in [0.2, 0.25) is 0 Å². The second kappa shape index (κ2) is 9.42. The van der Waals surface area contributed by atoms with Crippen LogP contribution in [0, 0.1) is 0 Å². The molecule has 0 unspecified atom stereocenters. The zero-order valence-corrected chi connectivity index (χ0v) is 17.2. The summed E-state index contributed by atoms with van der Waals surface area (Å²) in [4.78, 5) is 31.5. The second-order valence-corrected chi connectivity index (χ2v) is 7.11. The molecule has 1 amide bonds. The number of esters is 1. The molecule has 2 heterocycles. The molecule has 166 valence electrons. The van der Waals surface area contributed by atoms with Crippen LogP contribution >= 0.6 is 11.6 Å². The summed E-state index contributed by atoms with van der Waals surface area (Å²) in [7, 11) is 1.47. The molecule has 0 atom stereocenters. The number of methoxy groups -OCH3 is 1. The summed E-state index contributed by atoms with van der Waals surface area (Å²) in [6.45, 7) is 0.805. The molecule has 0 N–H and O–H groups in total. The van der Waals surface area contributed by atoms with E-state index in [4.69, 9.17) is 21.1 Å². The maximum absolute atomic E-state index is 12.8. The molecule has 2 aromatic rings. The molecule has 7 nitrogen and oxygen atoms in total. The van der Waals surface area contributed by atoms with Crippen LogP contribution in [0.5, 0.6) is 5.75 Å². The topological polar surface area (TPSA) is 72.0 Å². The van der Waals surface area contributed by atoms with Gasteiger partial charge >= 0.3 is 12.1 Å². The summed E-state index contributed by atoms with van der Waals surface area (Å²) >= 11 is 5.98. The highest BCUT2D eigenvalue weighted by Crippen LogP contribution is 2.33. The lowest BCUT2D eigenvalue weighted by Crippen LogP contribution is -2.50. The zero-order chi connectivity index (χ0) is 22.6. The van der Waals surface area contributed by atoms with E-state index >= 15 is 0 Å². The number of hydrogen-bond donors (Lipinski definition) is 0. The number of alkyl halides is 3. The Balaban J connectivity index is 1.52. The molecule has 1 aliphatic heterocycles. The lowest BCUT2D eigenvalue weighted by molar-refractivity contribution is -0.138. The molecular formula is C20H19ClF3N3O4. The molecule has 0 aliphatic carbocycles. The zero-order valence-electron chi connectivity index (χ0n) is 16.5. The fourth-order valence-corrected chi connectivity index (χ4v) is 3.32. The number of piperazine rings is 1. The first-order valence-corrected chi connectivity index (χ1v) is 9.63. The minimum Gasteiger partial charge on any atom is -0.497 e. The third kappa shape index (κ3) is 5.57. The minimum absolute atomic E-state index is 0.109. The monoisotopic (exact) mass is 457 g/mol. The van der Waals surface area contributed by atoms with E-state index in [-0.39, 0.29) is 35.4 Å². The molecule has 31 heavy (non-hydrogen) atoms. The molecule has 0 radical (unpaired) electrons. The lowest BCUT2D eigenvalue weighted by Gasteiger charge is -2.35. The number of amides is 1. The van der Waals surface area contributed by atoms with E-state index in [0.717, 1.165) is 12.3 Å². The molecule has 0 saturated carbocycles. The molecule has 0 spiro atoms. The number of rotatable bonds is 5. The van der Waals surface area contributed by atoms with Gasteiger partial charge < -0.3 is 19.3 Å². The van der Waals surface area contributed by atoms with Gasteiger partial charge in [-0.25, -0.2) is 9.78 Å². The number of hydrogen-bond acceptors (Lipinski definition) is 6. The average Bonchev–Trinajstić information content (AvgIpc) is 2.76. The predicted molar refractivity (Wildman–Crippen MR) is 106 cm³/mol. The van der Waals surface area contributed by atoms with Gasteiger partial charge in [-0.2, -0.15) is 13.2 Å². The van der Waals surface area contributed by atoms with Crippen LogP contribution in [0.4, 0.5) is 19.0 Å². The van der Waals surface area contributed by atoms with Gasteiger partial charge in [-0.3, -0.25) is 4.79 Å². The maximum Gasteiger partial charge on any atom is 0.417 e. The highest BCUT2D eigenvalue weighted by atomic mass is 35.5. The van der Waals surface area contributed by atoms with Gasteiger partial charge in [0.25, 0.3) is 5.91 Å². The van der Waals surface area contributed by atoms with Crippen LogP contribution in [-0.4, -0.2) is 61.7 Å². The Morgan fingerprint density at radius 2 is 1.87 bits per heavy atom. The number of halogens is 4. The molecule has 1 fully saturated rings. The SMILES string of the molecule is COc1cccc(C(=O)OCC(=O)N2CCN(c3ncc(C(F)(F)F)cc3Cl)CC2)c1. The second-order valence-electron chi connectivity index (χ2n) is 6.70. The Kier molecular flexibility index (Phi) is 6.89. The number of nitrogens with zero attached hydrogens (tertiary/aromatic N) is 3. The molecule has 3 rings (SSSR count). The van der Waals surface area contributed by atoms with Gasteiger partial charge in [-0.1, -0.05) is 17.7 Å². The van der Waals surface area contributed by atoms with Crippen molar-refractivity contribution < 1.29 is 32.2 Å². The van der Waals surface area contributed by atoms with Crippen molar-refractivity contribution in [3.8, 4) is 5.75 Å². The van der Waals surface area contributed by atoms with E-state index in [0.29, 0.717) is 18.8 Å². The first-order chi connectivity index (χ1) is 14.7. The number of pyridine rings is 1. The van der Waals surface area contributed by atoms with Gasteiger partial charge in [0.15, 0.2) is 6.61 Å². The number of aromatic nitrogens is 1. The van der Waals surface area contributed by atoms with Gasteiger partial charge in [-0.05, 0) is 24.3 Å². The fourth-order valence-electron chi connectivity index (χ4n) is 3.04. The Morgan fingerprint density at radius 1 is 1.16 bits per heavy atom. The third-order valence-electron chi connectivity index (χ3n) is 4.71. The Hall–Kier alpha value is -3.01. The quantitative estimate of drug-likeness (QED) is 0.642. The van der Waals surface area contributed by atoms with E-state index in [1.54, 1.807) is 23.1 Å². The van der Waals surface area contributed by atoms with Crippen molar-refractivity contribution in [3.05, 3.63) is 52.7 Å². The highest BCUT2D eigenvalue weighted by Gasteiger charge is 2.32. The van der Waals surface area contributed by atoms with E-state index < -0.39 is 24.3 Å². The van der Waals surface area contributed by atoms with E-state index in [1.807, 2.05) is 0 Å². The van der Waals surface area contributed by atoms with Crippen LogP contribution in [0.25, 0.3) is 0 Å². The lowest BCUT2D eigenvalue weighted by atomic mass is 10.2. The van der Waals surface area contributed by atoms with Crippen LogP contribution < -0.4 is 9.64 Å². The number of ether oxygens (including phenoxy) is 2. The van der Waals surface area contributed by atoms with Crippen molar-refractivity contribution in [1.29, 1.82) is 0 Å². The Labute approximate surface area is 181 Å². The summed E-state index contributed by atoms with van der Waals surface area (Å²) in [6, 6.07) is 7.21. The van der Waals surface area contributed by atoms with Gasteiger partial charge in [-0.15, -0.1) is 0 Å². The molecule has 1 aromatic heterocycles. The van der Waals surface area contributed by atoms with Crippen LogP contribution in [0.2, 0.25) is 5.02 Å². The van der Waals surface area contributed by atoms with Crippen LogP contribution in [-0.2, 0) is 15.7 Å². The largest absolute Gasteiger partial charge is 0.497 e. The number of carbonyl (C=O) groups is 2. The van der Waals surface area contributed by atoms with Crippen LogP contribution in [0.1, 0.15) is 15.9 Å². The summed E-state index contributed by atoms with van der Waals surface area (Å²) in [5.74, 6) is -0.298. The van der Waals surface area contributed by atoms with Crippen molar-refractivity contribution in [2.24, 2.45) is 0 Å². The smallest absolute Gasteiger partial charge is 0.417 e. The number of anilines is 1. The summed E-state index contributed by atoms with van der Waals surface area (Å²) in [5, 5.41) is -0.109. The highest BCUT2D eigenvalue weighted by molar-refractivity contribution is 6.33. The van der Waals surface area contributed by atoms with Gasteiger partial charge in [0.1, 0.15) is 11.6 Å². The normalized spacial score (nSPS) is 14.4. The minimum atomic E-state index is -4.53. The van der Waals surface area contributed by atoms with Crippen molar-refractivity contribution in [3.63, 3.8) is 0 Å². The summed E-state index contributed by atoms with van der Waals surface area (Å²) < 4.78 is 48.4. The fraction of sp³-hybridized carbons (Fsp3) is 0.350. The van der Waals surface area contributed by atoms with E-state index in [2.05, 4.69) is 4.98 Å². The third-order valence-corrected chi connectivity index (χ3v) is 4.99. The van der Waals surface area contributed by atoms with Crippen molar-refractivity contribution in [2.75, 3.05) is 44.8 Å². The molecule has 1 aliphatic rings. The Morgan fingerprint density at radius 3 is 2.48 bits per heavy atom. The average molecular weight is 458 g/mol. The Bertz CT molecular complexity index is 963. The van der Waals surface area contributed by atoms with Crippen molar-refractivity contribution >= 4 is 29.3 Å². The van der Waals surface area contributed by atoms with Crippen LogP contribution in [0.3, 0.4) is 0 Å². The molecule has 1 saturated heterocycles. The maximum atomic E-state index is 12.8. The summed E-state index contributed by atoms with van der Waals surface area (Å²) in [6.07, 6.45) is -3.79. The van der Waals surface area contributed by atoms with Crippen molar-refractivity contribution in [1.82, 2.24) is 9.88 Å². The number of carbonyl (C=O) groups excluding carboxylic acids is 2. The first-order valence-electron chi connectivity index (χ1n) is 9.25. The molecule has 0 bridgehead atoms. The standard InChI is InChI=1S/C20H19ClF3N3O4/c1-30-15-4-2-3-13(9-15)19(29)31-12-17(28)26-5-7-27(8-6-26)18-16(21)10-14(11-25-18)20(22,23)24/h2-4,9-11H,5-8,12H2,1H3. The van der Waals surface area contributed by atoms with Gasteiger partial charge in [0.05, 0.1) is 23.3 Å². The molecular weight excluding hydrogens is 439 g/mol. The van der Waals surface area contributed by atoms with E-state index in [9.17, 15) is 22.8 Å². The summed E-state index contributed by atoms with van der Waals surface area (Å²) in [5.41, 5.74) is -0.659. The molecule has 11 heteroatoms. The first kappa shape index (κ1) is 22.7. The van der Waals surface area contributed by atoms with Gasteiger partial charge in [0, 0.05) is 32.4 Å². The number of benzene rings is 1. The molecule has 1 aromatic carbocycles. The predicted octanol–water partition coefficient (Wildman–Crippen LogP) is 3.27. The van der Waals surface area contributed by atoms with Crippen molar-refractivity contribution in [2.45, 2.75) is 6.18 Å². The van der Waals surface area contributed by atoms with E-state index in [1.165, 1.54) is 18.1 Å². The van der Waals surface area contributed by atoms with Crippen LogP contribution in [0.15, 0.2) is 36.5 Å².